The van der Waals surface area contributed by atoms with Gasteiger partial charge in [0.05, 0.1) is 66.2 Å². The minimum Gasteiger partial charge on any atom is -0.310 e. The molecule has 0 saturated carbocycles. The van der Waals surface area contributed by atoms with Gasteiger partial charge in [-0.15, -0.1) is 22.7 Å². The molecule has 0 aliphatic carbocycles. The lowest BCUT2D eigenvalue weighted by Gasteiger charge is -2.30. The van der Waals surface area contributed by atoms with E-state index in [1.165, 1.54) is 97.3 Å². The summed E-state index contributed by atoms with van der Waals surface area (Å²) in [6.07, 6.45) is 0. The lowest BCUT2D eigenvalue weighted by atomic mass is 9.95. The molecule has 0 amide bonds. The minimum absolute atomic E-state index is 0.0539. The van der Waals surface area contributed by atoms with E-state index >= 15 is 0 Å². The Morgan fingerprint density at radius 1 is 0.181 bits per heavy atom. The molecule has 0 saturated heterocycles. The molecular formula is C140H93N7S2. The summed E-state index contributed by atoms with van der Waals surface area (Å²) in [6.45, 7) is 0. The van der Waals surface area contributed by atoms with Crippen molar-refractivity contribution in [3.63, 3.8) is 0 Å². The van der Waals surface area contributed by atoms with Crippen molar-refractivity contribution >= 4 is 218 Å². The fourth-order valence-electron chi connectivity index (χ4n) is 22.5. The first-order valence-corrected chi connectivity index (χ1v) is 51.7. The maximum Gasteiger partial charge on any atom is 0.0661 e. The monoisotopic (exact) mass is 1940 g/mol. The van der Waals surface area contributed by atoms with Gasteiger partial charge in [-0.2, -0.15) is 0 Å². The predicted molar refractivity (Wildman–Crippen MR) is 637 cm³/mol. The number of nitrogens with zero attached hydrogens (tertiary/aromatic N) is 7. The van der Waals surface area contributed by atoms with E-state index in [4.69, 9.17) is 8.22 Å². The highest BCUT2D eigenvalue weighted by molar-refractivity contribution is 7.27. The lowest BCUT2D eigenvalue weighted by molar-refractivity contribution is 1.18. The second-order valence-electron chi connectivity index (χ2n) is 37.5. The minimum atomic E-state index is -0.512. The van der Waals surface area contributed by atoms with Gasteiger partial charge in [0.25, 0.3) is 0 Å². The molecule has 0 bridgehead atoms. The van der Waals surface area contributed by atoms with Crippen molar-refractivity contribution in [2.24, 2.45) is 0 Å². The Bertz CT molecular complexity index is 10700. The average molecular weight is 1950 g/mol. The lowest BCUT2D eigenvalue weighted by Crippen LogP contribution is -2.13. The molecule has 149 heavy (non-hydrogen) atoms. The van der Waals surface area contributed by atoms with Gasteiger partial charge in [0.1, 0.15) is 0 Å². The van der Waals surface area contributed by atoms with Gasteiger partial charge in [-0.05, 0) is 261 Å². The number of thiophene rings is 2. The number of benzene rings is 24. The van der Waals surface area contributed by atoms with Crippen LogP contribution in [-0.2, 0) is 0 Å². The molecule has 0 aliphatic heterocycles. The Balaban J connectivity index is 0.000000150. The molecular weight excluding hydrogens is 1840 g/mol. The second-order valence-corrected chi connectivity index (χ2v) is 39.6. The third-order valence-corrected chi connectivity index (χ3v) is 31.4. The number of hydrogen-bond acceptors (Lipinski definition) is 6. The van der Waals surface area contributed by atoms with E-state index < -0.39 is 24.2 Å². The summed E-state index contributed by atoms with van der Waals surface area (Å²) in [6, 6.07) is 176. The molecule has 0 atom stereocenters. The highest BCUT2D eigenvalue weighted by Gasteiger charge is 2.30. The zero-order valence-corrected chi connectivity index (χ0v) is 82.1. The van der Waals surface area contributed by atoms with Crippen LogP contribution >= 0.6 is 22.7 Å². The fraction of sp³-hybridized carbons (Fsp3) is 0. The van der Waals surface area contributed by atoms with Gasteiger partial charge in [0.2, 0.25) is 0 Å². The fourth-order valence-corrected chi connectivity index (χ4v) is 24.9. The van der Waals surface area contributed by atoms with Gasteiger partial charge in [-0.3, -0.25) is 0 Å². The van der Waals surface area contributed by atoms with Gasteiger partial charge in [0, 0.05) is 148 Å². The van der Waals surface area contributed by atoms with Crippen LogP contribution in [-0.4, -0.2) is 13.7 Å². The first-order chi connectivity index (χ1) is 77.7. The van der Waals surface area contributed by atoms with Crippen LogP contribution in [0.15, 0.2) is 564 Å². The van der Waals surface area contributed by atoms with Crippen LogP contribution in [0.25, 0.3) is 189 Å². The van der Waals surface area contributed by atoms with Gasteiger partial charge in [-0.25, -0.2) is 0 Å². The summed E-state index contributed by atoms with van der Waals surface area (Å²) < 4.78 is 92.4. The zero-order chi connectivity index (χ0) is 106. The molecule has 0 spiro atoms. The van der Waals surface area contributed by atoms with Crippen molar-refractivity contribution in [2.75, 3.05) is 19.6 Å². The molecule has 0 unspecified atom stereocenters. The van der Waals surface area contributed by atoms with Crippen molar-refractivity contribution in [2.45, 2.75) is 0 Å². The van der Waals surface area contributed by atoms with E-state index in [-0.39, 0.29) is 41.6 Å². The first-order valence-electron chi connectivity index (χ1n) is 54.6. The number of fused-ring (bicyclic) bond motifs is 19. The summed E-state index contributed by atoms with van der Waals surface area (Å²) in [4.78, 5) is 8.43. The molecule has 0 N–H and O–H groups in total. The number of hydrogen-bond donors (Lipinski definition) is 0. The van der Waals surface area contributed by atoms with E-state index in [2.05, 4.69) is 424 Å². The summed E-state index contributed by atoms with van der Waals surface area (Å²) in [5.41, 5.74) is 27.6. The Morgan fingerprint density at radius 3 is 1.16 bits per heavy atom. The third kappa shape index (κ3) is 15.3. The molecule has 0 aliphatic rings. The van der Waals surface area contributed by atoms with Crippen molar-refractivity contribution in [1.82, 2.24) is 13.7 Å². The summed E-state index contributed by atoms with van der Waals surface area (Å²) in [5.74, 6) is 0. The van der Waals surface area contributed by atoms with Gasteiger partial charge >= 0.3 is 0 Å². The third-order valence-electron chi connectivity index (χ3n) is 29.0. The Morgan fingerprint density at radius 2 is 0.570 bits per heavy atom. The quantitative estimate of drug-likeness (QED) is 0.0806. The maximum absolute atomic E-state index is 9.49. The largest absolute Gasteiger partial charge is 0.310 e. The van der Waals surface area contributed by atoms with Crippen molar-refractivity contribution in [1.29, 1.82) is 0 Å². The number of rotatable bonds is 19. The highest BCUT2D eigenvalue weighted by atomic mass is 32.1. The van der Waals surface area contributed by atoms with Crippen LogP contribution in [0.5, 0.6) is 0 Å². The molecule has 700 valence electrons. The van der Waals surface area contributed by atoms with Crippen LogP contribution in [0.3, 0.4) is 0 Å². The van der Waals surface area contributed by atoms with Crippen LogP contribution in [0.2, 0.25) is 0 Å². The Labute approximate surface area is 883 Å². The summed E-state index contributed by atoms with van der Waals surface area (Å²) in [7, 11) is 0. The molecule has 5 heterocycles. The molecule has 24 aromatic carbocycles. The number of aromatic nitrogens is 3. The molecule has 9 heteroatoms. The van der Waals surface area contributed by atoms with E-state index in [1.807, 2.05) is 119 Å². The second kappa shape index (κ2) is 37.2. The summed E-state index contributed by atoms with van der Waals surface area (Å²) >= 11 is 3.41. The molecule has 0 radical (unpaired) electrons. The molecule has 5 aromatic heterocycles. The van der Waals surface area contributed by atoms with Crippen LogP contribution < -0.4 is 19.6 Å². The Kier molecular flexibility index (Phi) is 19.6. The Hall–Kier alpha value is -19.2. The highest BCUT2D eigenvalue weighted by Crippen LogP contribution is 2.56. The predicted octanol–water partition coefficient (Wildman–Crippen LogP) is 40.3. The van der Waals surface area contributed by atoms with Crippen molar-refractivity contribution in [3.05, 3.63) is 564 Å². The normalized spacial score (nSPS) is 12.5. The summed E-state index contributed by atoms with van der Waals surface area (Å²) in [5, 5.41) is 16.0. The molecule has 0 fully saturated rings. The van der Waals surface area contributed by atoms with E-state index in [1.54, 1.807) is 16.2 Å². The topological polar surface area (TPSA) is 27.8 Å². The van der Waals surface area contributed by atoms with Crippen molar-refractivity contribution in [3.8, 4) is 61.6 Å². The van der Waals surface area contributed by atoms with E-state index in [9.17, 15) is 4.11 Å². The van der Waals surface area contributed by atoms with Gasteiger partial charge in [0.15, 0.2) is 0 Å². The SMILES string of the molecule is [2H]c1cc(N(c2ccc(-c3ccccc3)cc2)c2cc(N(c3ccccc3)c3c([2H])c([2H])c([2H])c([2H])c3[2H])cc3c2sc2ccc(-c4cccc5c4c4c6ccccc6ccc4n5-c4ccccc4)cc23)c([2H])c([2H])c1[2H].c1ccc(N(c2ccccc2)c2cc(N(c3ccccc3)c3cccc(-c4cccc5c6ccccc6n(-c6ccccc6)c45)c3)c3sc4ccc(-c5cccc6c5c5ccc7ccccc7c5n6-c5ccccc5)cc4c3c2)cc1. The smallest absolute Gasteiger partial charge is 0.0661 e. The van der Waals surface area contributed by atoms with E-state index in [0.29, 0.717) is 22.7 Å². The van der Waals surface area contributed by atoms with Crippen LogP contribution in [0, 0.1) is 0 Å². The number of anilines is 12. The van der Waals surface area contributed by atoms with Crippen LogP contribution in [0.1, 0.15) is 12.3 Å². The zero-order valence-electron chi connectivity index (χ0n) is 89.4. The van der Waals surface area contributed by atoms with Gasteiger partial charge in [-0.1, -0.05) is 358 Å². The average Bonchev–Trinajstić information content (AvgIpc) is 1.56. The molecule has 29 aromatic rings. The maximum atomic E-state index is 9.49. The van der Waals surface area contributed by atoms with Crippen molar-refractivity contribution < 1.29 is 12.3 Å². The standard InChI is InChI=1S/C76H50N4S.C64H43N3S/c1-6-25-54(26-7-1)77(55-27-8-2-9-28-55)60-49-68-67-48-53(61-38-22-42-70-73(61)66-45-43-51-23-16-17-36-62(51)75(66)80(70)58-33-14-5-15-34-58)44-46-72(67)81-76(68)71(50-60)78(56-29-10-3-11-30-56)59-35-20-24-52(47-59)63-39-21-40-65-64-37-18-19-41-69(64)79(74(63)65)57-31-12-4-13-32-57;1-6-19-44(20-7-1)45-33-37-52(38-34-45)66(50-26-12-4-13-27-50)60-43-53(65(48-22-8-2-9-23-48)49-24-10-3-11-25-49)42-57-56-41-47(36-40-61(56)68-64(57)60)55-31-18-32-58-63(55)62-54-30-17-16-21-46(54)35-39-59(62)67(58)51-28-14-5-15-29-51/h1-50H;1-43H/i;2D,4D,8D,9D,12D,13D,22D,23D,26D. The van der Waals surface area contributed by atoms with Gasteiger partial charge < -0.3 is 33.3 Å². The molecule has 29 rings (SSSR count). The number of para-hydroxylation sites is 11. The molecule has 7 nitrogen and oxygen atoms in total. The first kappa shape index (κ1) is 78.4. The van der Waals surface area contributed by atoms with Crippen LogP contribution in [0.4, 0.5) is 68.2 Å². The van der Waals surface area contributed by atoms with E-state index in [0.717, 1.165) is 132 Å².